The first-order valence-electron chi connectivity index (χ1n) is 15.7. The maximum absolute atomic E-state index is 15.4. The van der Waals surface area contributed by atoms with E-state index < -0.39 is 5.82 Å². The van der Waals surface area contributed by atoms with Crippen LogP contribution in [-0.4, -0.2) is 67.2 Å². The Labute approximate surface area is 261 Å². The lowest BCUT2D eigenvalue weighted by molar-refractivity contribution is -0.613. The van der Waals surface area contributed by atoms with Crippen molar-refractivity contribution in [1.29, 1.82) is 0 Å². The van der Waals surface area contributed by atoms with Crippen molar-refractivity contribution in [3.05, 3.63) is 88.1 Å². The van der Waals surface area contributed by atoms with Crippen molar-refractivity contribution in [1.82, 2.24) is 9.80 Å². The van der Waals surface area contributed by atoms with E-state index in [1.807, 2.05) is 30.3 Å². The van der Waals surface area contributed by atoms with E-state index in [0.717, 1.165) is 66.0 Å². The molecule has 1 unspecified atom stereocenters. The number of rotatable bonds is 6. The number of aromatic nitrogens is 1. The standard InChI is InChI=1S/C34H37FN4O6/c1-43-31-20-32(45-24-12-17-36(18-13-24)29-8-9-30-25(29)6-4-14-38(30)42)27(35)19-26(31)33(40)37-15-10-23(11-16-37)39-28-7-3-2-5-22(28)21-44-34(39)41/h2-7,14,19-20,23-24,29H,8-13,15-18,21H2,1H3. The molecule has 11 heteroatoms. The van der Waals surface area contributed by atoms with E-state index in [1.54, 1.807) is 22.1 Å². The van der Waals surface area contributed by atoms with Gasteiger partial charge in [-0.25, -0.2) is 9.18 Å². The summed E-state index contributed by atoms with van der Waals surface area (Å²) < 4.78 is 33.4. The molecule has 0 spiro atoms. The summed E-state index contributed by atoms with van der Waals surface area (Å²) in [6.45, 7) is 2.66. The Kier molecular flexibility index (Phi) is 7.95. The largest absolute Gasteiger partial charge is 0.618 e. The van der Waals surface area contributed by atoms with Crippen molar-refractivity contribution in [2.24, 2.45) is 0 Å². The Bertz CT molecular complexity index is 1600. The van der Waals surface area contributed by atoms with Gasteiger partial charge in [0.1, 0.15) is 18.5 Å². The van der Waals surface area contributed by atoms with Crippen LogP contribution in [0.25, 0.3) is 0 Å². The molecule has 1 atom stereocenters. The van der Waals surface area contributed by atoms with Crippen LogP contribution in [0.5, 0.6) is 11.5 Å². The molecule has 0 bridgehead atoms. The van der Waals surface area contributed by atoms with Gasteiger partial charge in [0.2, 0.25) is 0 Å². The molecule has 3 aromatic rings. The van der Waals surface area contributed by atoms with Crippen LogP contribution >= 0.6 is 0 Å². The fraction of sp³-hybridized carbons (Fsp3) is 0.441. The van der Waals surface area contributed by atoms with Gasteiger partial charge >= 0.3 is 6.09 Å². The topological polar surface area (TPSA) is 98.5 Å². The SMILES string of the molecule is COc1cc(OC2CCN(C3CCc4c3ccc[n+]4[O-])CC2)c(F)cc1C(=O)N1CCC(N2C(=O)OCc3ccccc32)CC1. The third kappa shape index (κ3) is 5.54. The van der Waals surface area contributed by atoms with E-state index >= 15 is 4.39 Å². The number of ether oxygens (including phenoxy) is 3. The van der Waals surface area contributed by atoms with Crippen LogP contribution in [0.1, 0.15) is 65.3 Å². The number of halogens is 1. The van der Waals surface area contributed by atoms with Gasteiger partial charge in [0.05, 0.1) is 18.4 Å². The third-order valence-electron chi connectivity index (χ3n) is 9.72. The van der Waals surface area contributed by atoms with E-state index in [1.165, 1.54) is 19.2 Å². The first kappa shape index (κ1) is 29.3. The smallest absolute Gasteiger partial charge is 0.414 e. The lowest BCUT2D eigenvalue weighted by Crippen LogP contribution is -2.50. The minimum atomic E-state index is -0.603. The Balaban J connectivity index is 0.976. The molecule has 2 fully saturated rings. The number of hydrogen-bond donors (Lipinski definition) is 0. The molecule has 4 aliphatic rings. The molecule has 3 aliphatic heterocycles. The number of piperidine rings is 2. The molecule has 45 heavy (non-hydrogen) atoms. The molecule has 7 rings (SSSR count). The summed E-state index contributed by atoms with van der Waals surface area (Å²) in [4.78, 5) is 32.0. The molecule has 1 aromatic heterocycles. The molecule has 10 nitrogen and oxygen atoms in total. The molecule has 0 saturated carbocycles. The number of nitrogens with zero attached hydrogens (tertiary/aromatic N) is 4. The fourth-order valence-electron chi connectivity index (χ4n) is 7.37. The van der Waals surface area contributed by atoms with Crippen LogP contribution in [0.2, 0.25) is 0 Å². The van der Waals surface area contributed by atoms with E-state index in [0.29, 0.717) is 25.9 Å². The van der Waals surface area contributed by atoms with Crippen LogP contribution in [0.4, 0.5) is 14.9 Å². The van der Waals surface area contributed by atoms with Gasteiger partial charge in [-0.05, 0) is 50.3 Å². The molecule has 2 saturated heterocycles. The maximum Gasteiger partial charge on any atom is 0.414 e. The van der Waals surface area contributed by atoms with Gasteiger partial charge in [0.25, 0.3) is 5.91 Å². The quantitative estimate of drug-likeness (QED) is 0.291. The lowest BCUT2D eigenvalue weighted by atomic mass is 10.00. The number of para-hydroxylation sites is 1. The second kappa shape index (κ2) is 12.2. The summed E-state index contributed by atoms with van der Waals surface area (Å²) in [6, 6.07) is 14.3. The van der Waals surface area contributed by atoms with Crippen LogP contribution < -0.4 is 19.1 Å². The number of benzene rings is 2. The molecule has 2 amide bonds. The molecule has 0 radical (unpaired) electrons. The molecule has 2 aromatic carbocycles. The Morgan fingerprint density at radius 1 is 1.00 bits per heavy atom. The highest BCUT2D eigenvalue weighted by atomic mass is 19.1. The number of methoxy groups -OCH3 is 1. The minimum Gasteiger partial charge on any atom is -0.618 e. The fourth-order valence-corrected chi connectivity index (χ4v) is 7.37. The van der Waals surface area contributed by atoms with Crippen molar-refractivity contribution in [2.75, 3.05) is 38.2 Å². The van der Waals surface area contributed by atoms with E-state index in [2.05, 4.69) is 4.90 Å². The average molecular weight is 617 g/mol. The number of anilines is 1. The molecule has 1 aliphatic carbocycles. The van der Waals surface area contributed by atoms with Crippen LogP contribution in [0.3, 0.4) is 0 Å². The Hall–Kier alpha value is -4.38. The van der Waals surface area contributed by atoms with Gasteiger partial charge in [0, 0.05) is 67.9 Å². The van der Waals surface area contributed by atoms with Crippen molar-refractivity contribution in [2.45, 2.75) is 63.3 Å². The summed E-state index contributed by atoms with van der Waals surface area (Å²) in [5.74, 6) is -0.588. The highest BCUT2D eigenvalue weighted by molar-refractivity contribution is 5.97. The first-order chi connectivity index (χ1) is 21.9. The van der Waals surface area contributed by atoms with E-state index in [-0.39, 0.29) is 53.9 Å². The predicted molar refractivity (Wildman–Crippen MR) is 163 cm³/mol. The highest BCUT2D eigenvalue weighted by Crippen LogP contribution is 2.37. The van der Waals surface area contributed by atoms with Crippen molar-refractivity contribution in [3.8, 4) is 11.5 Å². The summed E-state index contributed by atoms with van der Waals surface area (Å²) in [7, 11) is 1.46. The van der Waals surface area contributed by atoms with Crippen LogP contribution in [0.15, 0.2) is 54.7 Å². The number of carbonyl (C=O) groups is 2. The zero-order chi connectivity index (χ0) is 31.1. The van der Waals surface area contributed by atoms with Gasteiger partial charge in [-0.1, -0.05) is 18.2 Å². The summed E-state index contributed by atoms with van der Waals surface area (Å²) in [5, 5.41) is 12.1. The lowest BCUT2D eigenvalue weighted by Gasteiger charge is -2.40. The van der Waals surface area contributed by atoms with Crippen molar-refractivity contribution >= 4 is 17.7 Å². The minimum absolute atomic E-state index is 0.0708. The number of carbonyl (C=O) groups excluding carboxylic acids is 2. The first-order valence-corrected chi connectivity index (χ1v) is 15.7. The zero-order valence-corrected chi connectivity index (χ0v) is 25.3. The van der Waals surface area contributed by atoms with Gasteiger partial charge in [-0.3, -0.25) is 14.6 Å². The van der Waals surface area contributed by atoms with Crippen LogP contribution in [-0.2, 0) is 17.8 Å². The molecule has 0 N–H and O–H groups in total. The number of hydrogen-bond acceptors (Lipinski definition) is 7. The second-order valence-corrected chi connectivity index (χ2v) is 12.2. The average Bonchev–Trinajstić information content (AvgIpc) is 3.51. The molecular formula is C34H37FN4O6. The van der Waals surface area contributed by atoms with Gasteiger partial charge in [-0.15, -0.1) is 0 Å². The van der Waals surface area contributed by atoms with Crippen molar-refractivity contribution < 1.29 is 32.9 Å². The van der Waals surface area contributed by atoms with Gasteiger partial charge in [-0.2, -0.15) is 4.73 Å². The number of cyclic esters (lactones) is 1. The number of pyridine rings is 1. The van der Waals surface area contributed by atoms with Crippen molar-refractivity contribution in [3.63, 3.8) is 0 Å². The molecular weight excluding hydrogens is 579 g/mol. The second-order valence-electron chi connectivity index (χ2n) is 12.2. The molecule has 236 valence electrons. The third-order valence-corrected chi connectivity index (χ3v) is 9.72. The number of fused-ring (bicyclic) bond motifs is 2. The summed E-state index contributed by atoms with van der Waals surface area (Å²) in [5.41, 5.74) is 3.91. The predicted octanol–water partition coefficient (Wildman–Crippen LogP) is 4.76. The van der Waals surface area contributed by atoms with E-state index in [9.17, 15) is 14.8 Å². The maximum atomic E-state index is 15.4. The summed E-state index contributed by atoms with van der Waals surface area (Å²) in [6.07, 6.45) is 5.30. The number of likely N-dealkylation sites (tertiary alicyclic amines) is 2. The van der Waals surface area contributed by atoms with Gasteiger partial charge in [0.15, 0.2) is 23.5 Å². The summed E-state index contributed by atoms with van der Waals surface area (Å²) >= 11 is 0. The Morgan fingerprint density at radius 3 is 2.56 bits per heavy atom. The van der Waals surface area contributed by atoms with Gasteiger partial charge < -0.3 is 24.3 Å². The highest BCUT2D eigenvalue weighted by Gasteiger charge is 2.37. The Morgan fingerprint density at radius 2 is 1.78 bits per heavy atom. The zero-order valence-electron chi connectivity index (χ0n) is 25.3. The van der Waals surface area contributed by atoms with E-state index in [4.69, 9.17) is 14.2 Å². The monoisotopic (exact) mass is 616 g/mol. The van der Waals surface area contributed by atoms with Crippen LogP contribution in [0, 0.1) is 11.0 Å². The molecule has 4 heterocycles. The number of amides is 2. The normalized spacial score (nSPS) is 20.8.